The summed E-state index contributed by atoms with van der Waals surface area (Å²) < 4.78 is 4.68. The van der Waals surface area contributed by atoms with E-state index in [1.54, 1.807) is 24.3 Å². The summed E-state index contributed by atoms with van der Waals surface area (Å²) in [4.78, 5) is 27.0. The van der Waals surface area contributed by atoms with Crippen molar-refractivity contribution in [1.82, 2.24) is 0 Å². The Kier molecular flexibility index (Phi) is 3.53. The quantitative estimate of drug-likeness (QED) is 0.539. The molecule has 6 heteroatoms. The molecule has 0 spiro atoms. The van der Waals surface area contributed by atoms with Crippen LogP contribution in [0.3, 0.4) is 0 Å². The first-order valence-electron chi connectivity index (χ1n) is 3.72. The van der Waals surface area contributed by atoms with Gasteiger partial charge in [-0.15, -0.1) is 0 Å². The fraction of sp³-hybridized carbons (Fsp3) is 0.125. The summed E-state index contributed by atoms with van der Waals surface area (Å²) in [6, 6.07) is 6.56. The molecule has 0 radical (unpaired) electrons. The van der Waals surface area contributed by atoms with E-state index >= 15 is 0 Å². The summed E-state index contributed by atoms with van der Waals surface area (Å²) in [6.07, 6.45) is 0. The normalized spacial score (nSPS) is 11.1. The lowest BCUT2D eigenvalue weighted by Gasteiger charge is -2.08. The van der Waals surface area contributed by atoms with Crippen LogP contribution in [0, 0.1) is 0 Å². The predicted molar refractivity (Wildman–Crippen MR) is 58.3 cm³/mol. The number of thiocarbonyl (C=S) groups is 1. The molecule has 0 saturated carbocycles. The first-order valence-corrected chi connectivity index (χ1v) is 5.77. The van der Waals surface area contributed by atoms with Crippen LogP contribution in [0.25, 0.3) is 0 Å². The summed E-state index contributed by atoms with van der Waals surface area (Å²) in [5, 5.41) is 0. The number of para-hydroxylation sites is 1. The maximum Gasteiger partial charge on any atom is 0.453 e. The highest BCUT2D eigenvalue weighted by molar-refractivity contribution is 8.00. The number of hydrogen-bond donors (Lipinski definition) is 3. The van der Waals surface area contributed by atoms with Gasteiger partial charge in [0.25, 0.3) is 4.61 Å². The van der Waals surface area contributed by atoms with Gasteiger partial charge in [0.05, 0.1) is 12.7 Å². The summed E-state index contributed by atoms with van der Waals surface area (Å²) in [5.41, 5.74) is 0.325. The van der Waals surface area contributed by atoms with Gasteiger partial charge in [-0.1, -0.05) is 12.1 Å². The average Bonchev–Trinajstić information content (AvgIpc) is 2.15. The highest BCUT2D eigenvalue weighted by atomic mass is 32.1. The standard InChI is InChI=1S/C8H10O4PS/c1-12-7-5-3-2-4-6(7)8(14)13(9,10)11/h2-5,9-11H,1H3/q+1. The third-order valence-corrected chi connectivity index (χ3v) is 3.35. The van der Waals surface area contributed by atoms with Gasteiger partial charge in [0.1, 0.15) is 5.75 Å². The van der Waals surface area contributed by atoms with Crippen molar-refractivity contribution in [3.05, 3.63) is 29.8 Å². The Labute approximate surface area is 87.4 Å². The molecule has 3 N–H and O–H groups in total. The molecule has 0 aliphatic carbocycles. The molecule has 1 aromatic carbocycles. The van der Waals surface area contributed by atoms with Gasteiger partial charge >= 0.3 is 7.94 Å². The molecule has 0 saturated heterocycles. The minimum atomic E-state index is -4.12. The fourth-order valence-electron chi connectivity index (χ4n) is 0.983. The molecule has 0 aliphatic rings. The van der Waals surface area contributed by atoms with E-state index in [1.165, 1.54) is 7.11 Å². The van der Waals surface area contributed by atoms with Crippen LogP contribution >= 0.6 is 20.2 Å². The van der Waals surface area contributed by atoms with Crippen molar-refractivity contribution in [2.24, 2.45) is 0 Å². The predicted octanol–water partition coefficient (Wildman–Crippen LogP) is 1.11. The zero-order chi connectivity index (χ0) is 10.8. The van der Waals surface area contributed by atoms with Crippen molar-refractivity contribution in [3.63, 3.8) is 0 Å². The van der Waals surface area contributed by atoms with Crippen LogP contribution in [0.4, 0.5) is 0 Å². The highest BCUT2D eigenvalue weighted by Gasteiger charge is 2.40. The molecule has 76 valence electrons. The summed E-state index contributed by atoms with van der Waals surface area (Å²) >= 11 is 4.73. The second-order valence-electron chi connectivity index (χ2n) is 2.57. The largest absolute Gasteiger partial charge is 0.496 e. The van der Waals surface area contributed by atoms with Crippen LogP contribution in [-0.4, -0.2) is 26.4 Å². The maximum absolute atomic E-state index is 8.99. The molecule has 0 aliphatic heterocycles. The lowest BCUT2D eigenvalue weighted by molar-refractivity contribution is 0.352. The third kappa shape index (κ3) is 2.47. The first kappa shape index (κ1) is 11.5. The van der Waals surface area contributed by atoms with Crippen LogP contribution < -0.4 is 4.74 Å². The monoisotopic (exact) mass is 233 g/mol. The van der Waals surface area contributed by atoms with E-state index in [9.17, 15) is 0 Å². The van der Waals surface area contributed by atoms with Gasteiger partial charge in [-0.3, -0.25) is 0 Å². The van der Waals surface area contributed by atoms with Crippen molar-refractivity contribution in [3.8, 4) is 5.75 Å². The van der Waals surface area contributed by atoms with Crippen molar-refractivity contribution >= 4 is 24.8 Å². The summed E-state index contributed by atoms with van der Waals surface area (Å²) in [5.74, 6) is 0.402. The molecule has 1 aromatic rings. The highest BCUT2D eigenvalue weighted by Crippen LogP contribution is 2.50. The van der Waals surface area contributed by atoms with Crippen molar-refractivity contribution < 1.29 is 19.4 Å². The Morgan fingerprint density at radius 1 is 1.29 bits per heavy atom. The van der Waals surface area contributed by atoms with Crippen molar-refractivity contribution in [2.75, 3.05) is 7.11 Å². The zero-order valence-electron chi connectivity index (χ0n) is 7.41. The average molecular weight is 233 g/mol. The molecule has 1 rings (SSSR count). The molecular weight excluding hydrogens is 223 g/mol. The van der Waals surface area contributed by atoms with Crippen molar-refractivity contribution in [2.45, 2.75) is 0 Å². The number of hydrogen-bond acceptors (Lipinski definition) is 5. The van der Waals surface area contributed by atoms with E-state index in [1.807, 2.05) is 0 Å². The molecule has 0 unspecified atom stereocenters. The Morgan fingerprint density at radius 3 is 2.36 bits per heavy atom. The van der Waals surface area contributed by atoms with Crippen molar-refractivity contribution in [1.29, 1.82) is 0 Å². The second-order valence-corrected chi connectivity index (χ2v) is 4.87. The van der Waals surface area contributed by atoms with Crippen LogP contribution in [0.15, 0.2) is 24.3 Å². The van der Waals surface area contributed by atoms with E-state index in [-0.39, 0.29) is 4.61 Å². The topological polar surface area (TPSA) is 69.9 Å². The second kappa shape index (κ2) is 4.29. The Morgan fingerprint density at radius 2 is 1.86 bits per heavy atom. The van der Waals surface area contributed by atoms with Gasteiger partial charge in [0.2, 0.25) is 0 Å². The Balaban J connectivity index is 3.13. The first-order chi connectivity index (χ1) is 6.46. The third-order valence-electron chi connectivity index (χ3n) is 1.61. The van der Waals surface area contributed by atoms with Crippen LogP contribution in [0.5, 0.6) is 5.75 Å². The van der Waals surface area contributed by atoms with Gasteiger partial charge in [-0.2, -0.15) is 14.7 Å². The molecule has 0 heterocycles. The van der Waals surface area contributed by atoms with Gasteiger partial charge in [-0.05, 0) is 24.4 Å². The lowest BCUT2D eigenvalue weighted by atomic mass is 10.2. The molecular formula is C8H10O4PS+. The molecule has 0 fully saturated rings. The molecule has 0 bridgehead atoms. The van der Waals surface area contributed by atoms with E-state index in [2.05, 4.69) is 0 Å². The van der Waals surface area contributed by atoms with Gasteiger partial charge in [-0.25, -0.2) is 0 Å². The Bertz CT molecular complexity index is 347. The molecule has 4 nitrogen and oxygen atoms in total. The fourth-order valence-corrected chi connectivity index (χ4v) is 1.66. The van der Waals surface area contributed by atoms with E-state index in [0.717, 1.165) is 0 Å². The van der Waals surface area contributed by atoms with E-state index < -0.39 is 7.94 Å². The van der Waals surface area contributed by atoms with Gasteiger partial charge < -0.3 is 4.74 Å². The number of benzene rings is 1. The van der Waals surface area contributed by atoms with E-state index in [4.69, 9.17) is 31.6 Å². The van der Waals surface area contributed by atoms with Gasteiger partial charge in [0, 0.05) is 0 Å². The summed E-state index contributed by atoms with van der Waals surface area (Å²) in [6.45, 7) is 0. The van der Waals surface area contributed by atoms with Crippen LogP contribution in [0.1, 0.15) is 5.56 Å². The zero-order valence-corrected chi connectivity index (χ0v) is 9.13. The van der Waals surface area contributed by atoms with Gasteiger partial charge in [0.15, 0.2) is 0 Å². The van der Waals surface area contributed by atoms with Crippen LogP contribution in [-0.2, 0) is 0 Å². The molecule has 0 aromatic heterocycles. The Hall–Kier alpha value is -0.580. The number of ether oxygens (including phenoxy) is 1. The SMILES string of the molecule is COc1ccccc1C(=S)[P+](O)(O)O. The molecule has 0 amide bonds. The number of methoxy groups -OCH3 is 1. The van der Waals surface area contributed by atoms with E-state index in [0.29, 0.717) is 11.3 Å². The minimum absolute atomic E-state index is 0.282. The maximum atomic E-state index is 8.99. The molecule has 0 atom stereocenters. The molecule has 14 heavy (non-hydrogen) atoms. The minimum Gasteiger partial charge on any atom is -0.496 e. The summed E-state index contributed by atoms with van der Waals surface area (Å²) in [7, 11) is -2.68. The lowest BCUT2D eigenvalue weighted by Crippen LogP contribution is -2.05. The van der Waals surface area contributed by atoms with Crippen LogP contribution in [0.2, 0.25) is 0 Å². The smallest absolute Gasteiger partial charge is 0.453 e. The number of rotatable bonds is 3.